The molecule has 2 nitrogen and oxygen atoms in total. The summed E-state index contributed by atoms with van der Waals surface area (Å²) in [6, 6.07) is 1.46. The van der Waals surface area contributed by atoms with Crippen molar-refractivity contribution in [1.82, 2.24) is 10.2 Å². The molecule has 2 fully saturated rings. The second-order valence-corrected chi connectivity index (χ2v) is 7.15. The van der Waals surface area contributed by atoms with Gasteiger partial charge in [-0.05, 0) is 16.7 Å². The summed E-state index contributed by atoms with van der Waals surface area (Å²) < 4.78 is 0. The van der Waals surface area contributed by atoms with Gasteiger partial charge in [-0.15, -0.1) is 0 Å². The Balaban J connectivity index is 2.02. The molecule has 0 spiro atoms. The molecule has 1 aliphatic heterocycles. The summed E-state index contributed by atoms with van der Waals surface area (Å²) in [6.45, 7) is 17.9. The van der Waals surface area contributed by atoms with E-state index < -0.39 is 0 Å². The molecule has 0 aromatic carbocycles. The molecule has 2 rings (SSSR count). The Hall–Kier alpha value is -0.0800. The van der Waals surface area contributed by atoms with E-state index in [-0.39, 0.29) is 0 Å². The standard InChI is InChI=1S/C14H28N2/c1-10(2)11-9-16(8-7-15-11)12-13(3,4)14(12,5)6/h10-12,15H,7-9H2,1-6H3. The van der Waals surface area contributed by atoms with Crippen LogP contribution in [0, 0.1) is 16.7 Å². The van der Waals surface area contributed by atoms with Crippen molar-refractivity contribution in [3.8, 4) is 0 Å². The van der Waals surface area contributed by atoms with Crippen LogP contribution in [0.3, 0.4) is 0 Å². The first-order valence-corrected chi connectivity index (χ1v) is 6.76. The fourth-order valence-electron chi connectivity index (χ4n) is 3.56. The highest BCUT2D eigenvalue weighted by atomic mass is 15.3. The van der Waals surface area contributed by atoms with Crippen LogP contribution in [0.4, 0.5) is 0 Å². The lowest BCUT2D eigenvalue weighted by molar-refractivity contribution is 0.146. The molecule has 1 saturated carbocycles. The molecule has 1 atom stereocenters. The van der Waals surface area contributed by atoms with Gasteiger partial charge >= 0.3 is 0 Å². The van der Waals surface area contributed by atoms with Gasteiger partial charge in [0, 0.05) is 31.7 Å². The van der Waals surface area contributed by atoms with Gasteiger partial charge in [0.1, 0.15) is 0 Å². The van der Waals surface area contributed by atoms with Crippen molar-refractivity contribution in [3.63, 3.8) is 0 Å². The van der Waals surface area contributed by atoms with Gasteiger partial charge in [-0.25, -0.2) is 0 Å². The Morgan fingerprint density at radius 2 is 1.69 bits per heavy atom. The molecule has 0 amide bonds. The minimum atomic E-state index is 0.492. The average molecular weight is 224 g/mol. The number of nitrogens with one attached hydrogen (secondary N) is 1. The maximum Gasteiger partial charge on any atom is 0.0218 e. The predicted octanol–water partition coefficient (Wildman–Crippen LogP) is 2.35. The molecule has 0 aromatic heterocycles. The Bertz CT molecular complexity index is 254. The van der Waals surface area contributed by atoms with Crippen LogP contribution < -0.4 is 5.32 Å². The van der Waals surface area contributed by atoms with Crippen LogP contribution in [-0.2, 0) is 0 Å². The summed E-state index contributed by atoms with van der Waals surface area (Å²) in [5.74, 6) is 0.743. The van der Waals surface area contributed by atoms with Gasteiger partial charge in [-0.3, -0.25) is 4.90 Å². The van der Waals surface area contributed by atoms with Gasteiger partial charge in [0.25, 0.3) is 0 Å². The fourth-order valence-corrected chi connectivity index (χ4v) is 3.56. The summed E-state index contributed by atoms with van der Waals surface area (Å²) in [6.07, 6.45) is 0. The minimum Gasteiger partial charge on any atom is -0.311 e. The van der Waals surface area contributed by atoms with Gasteiger partial charge < -0.3 is 5.32 Å². The molecule has 1 heterocycles. The van der Waals surface area contributed by atoms with E-state index in [1.54, 1.807) is 0 Å². The van der Waals surface area contributed by atoms with E-state index in [0.717, 1.165) is 18.5 Å². The normalized spacial score (nSPS) is 34.3. The van der Waals surface area contributed by atoms with Crippen molar-refractivity contribution in [2.24, 2.45) is 16.7 Å². The first-order valence-electron chi connectivity index (χ1n) is 6.76. The number of hydrogen-bond donors (Lipinski definition) is 1. The lowest BCUT2D eigenvalue weighted by Crippen LogP contribution is -2.54. The fraction of sp³-hybridized carbons (Fsp3) is 1.00. The van der Waals surface area contributed by atoms with Gasteiger partial charge in [0.15, 0.2) is 0 Å². The summed E-state index contributed by atoms with van der Waals surface area (Å²) in [5.41, 5.74) is 0.984. The van der Waals surface area contributed by atoms with E-state index in [9.17, 15) is 0 Å². The molecule has 1 N–H and O–H groups in total. The third-order valence-electron chi connectivity index (χ3n) is 5.35. The lowest BCUT2D eigenvalue weighted by atomic mass is 10.0. The second kappa shape index (κ2) is 3.71. The summed E-state index contributed by atoms with van der Waals surface area (Å²) in [4.78, 5) is 2.72. The third kappa shape index (κ3) is 1.70. The van der Waals surface area contributed by atoms with Crippen molar-refractivity contribution >= 4 is 0 Å². The maximum atomic E-state index is 3.64. The van der Waals surface area contributed by atoms with Crippen LogP contribution >= 0.6 is 0 Å². The topological polar surface area (TPSA) is 15.3 Å². The highest BCUT2D eigenvalue weighted by Crippen LogP contribution is 2.65. The maximum absolute atomic E-state index is 3.64. The van der Waals surface area contributed by atoms with Crippen LogP contribution in [0.25, 0.3) is 0 Å². The first kappa shape index (κ1) is 12.4. The van der Waals surface area contributed by atoms with Crippen molar-refractivity contribution < 1.29 is 0 Å². The summed E-state index contributed by atoms with van der Waals surface area (Å²) in [7, 11) is 0. The molecule has 2 aliphatic rings. The van der Waals surface area contributed by atoms with E-state index in [4.69, 9.17) is 0 Å². The Kier molecular flexibility index (Phi) is 2.87. The monoisotopic (exact) mass is 224 g/mol. The van der Waals surface area contributed by atoms with Crippen molar-refractivity contribution in [2.45, 2.75) is 53.6 Å². The average Bonchev–Trinajstić information content (AvgIpc) is 2.57. The molecule has 1 unspecified atom stereocenters. The SMILES string of the molecule is CC(C)C1CN(C2C(C)(C)C2(C)C)CCN1. The molecule has 0 radical (unpaired) electrons. The predicted molar refractivity (Wildman–Crippen MR) is 69.6 cm³/mol. The first-order chi connectivity index (χ1) is 7.28. The zero-order valence-electron chi connectivity index (χ0n) is 11.8. The quantitative estimate of drug-likeness (QED) is 0.774. The van der Waals surface area contributed by atoms with Crippen molar-refractivity contribution in [2.75, 3.05) is 19.6 Å². The smallest absolute Gasteiger partial charge is 0.0218 e. The van der Waals surface area contributed by atoms with Crippen LogP contribution in [0.5, 0.6) is 0 Å². The zero-order valence-corrected chi connectivity index (χ0v) is 11.8. The molecule has 2 heteroatoms. The lowest BCUT2D eigenvalue weighted by Gasteiger charge is -2.37. The van der Waals surface area contributed by atoms with E-state index in [1.165, 1.54) is 13.1 Å². The number of nitrogens with zero attached hydrogens (tertiary/aromatic N) is 1. The largest absolute Gasteiger partial charge is 0.311 e. The Morgan fingerprint density at radius 3 is 2.12 bits per heavy atom. The summed E-state index contributed by atoms with van der Waals surface area (Å²) in [5, 5.41) is 3.64. The molecule has 1 aliphatic carbocycles. The molecule has 0 aromatic rings. The molecule has 94 valence electrons. The molecular formula is C14H28N2. The number of rotatable bonds is 2. The van der Waals surface area contributed by atoms with Crippen molar-refractivity contribution in [3.05, 3.63) is 0 Å². The molecule has 1 saturated heterocycles. The summed E-state index contributed by atoms with van der Waals surface area (Å²) >= 11 is 0. The molecular weight excluding hydrogens is 196 g/mol. The highest BCUT2D eigenvalue weighted by Gasteiger charge is 2.67. The van der Waals surface area contributed by atoms with Gasteiger partial charge in [-0.2, -0.15) is 0 Å². The van der Waals surface area contributed by atoms with Gasteiger partial charge in [0.2, 0.25) is 0 Å². The zero-order chi connectivity index (χ0) is 12.1. The second-order valence-electron chi connectivity index (χ2n) is 7.15. The van der Waals surface area contributed by atoms with E-state index in [2.05, 4.69) is 51.8 Å². The Morgan fingerprint density at radius 1 is 1.12 bits per heavy atom. The van der Waals surface area contributed by atoms with E-state index in [0.29, 0.717) is 16.9 Å². The molecule has 0 bridgehead atoms. The van der Waals surface area contributed by atoms with Crippen molar-refractivity contribution in [1.29, 1.82) is 0 Å². The van der Waals surface area contributed by atoms with Gasteiger partial charge in [-0.1, -0.05) is 41.5 Å². The van der Waals surface area contributed by atoms with Crippen LogP contribution in [0.15, 0.2) is 0 Å². The number of piperazine rings is 1. The third-order valence-corrected chi connectivity index (χ3v) is 5.35. The molecule has 16 heavy (non-hydrogen) atoms. The van der Waals surface area contributed by atoms with E-state index in [1.807, 2.05) is 0 Å². The Labute approximate surface area is 101 Å². The minimum absolute atomic E-state index is 0.492. The van der Waals surface area contributed by atoms with Crippen LogP contribution in [0.1, 0.15) is 41.5 Å². The van der Waals surface area contributed by atoms with E-state index >= 15 is 0 Å². The van der Waals surface area contributed by atoms with Gasteiger partial charge in [0.05, 0.1) is 0 Å². The van der Waals surface area contributed by atoms with Crippen LogP contribution in [-0.4, -0.2) is 36.6 Å². The highest BCUT2D eigenvalue weighted by molar-refractivity contribution is 5.19. The van der Waals surface area contributed by atoms with Crippen LogP contribution in [0.2, 0.25) is 0 Å². The number of hydrogen-bond acceptors (Lipinski definition) is 2.